The van der Waals surface area contributed by atoms with Gasteiger partial charge >= 0.3 is 0 Å². The Morgan fingerprint density at radius 1 is 0.517 bits per heavy atom. The van der Waals surface area contributed by atoms with Crippen molar-refractivity contribution in [3.63, 3.8) is 0 Å². The maximum atomic E-state index is 8.19. The van der Waals surface area contributed by atoms with Crippen molar-refractivity contribution in [3.8, 4) is 6.07 Å². The number of hydrogen-bond donors (Lipinski definition) is 0. The van der Waals surface area contributed by atoms with Gasteiger partial charge in [-0.15, -0.1) is 0 Å². The lowest BCUT2D eigenvalue weighted by Gasteiger charge is -2.25. The third-order valence-corrected chi connectivity index (χ3v) is 4.19. The van der Waals surface area contributed by atoms with Crippen LogP contribution in [0.1, 0.15) is 5.56 Å². The highest BCUT2D eigenvalue weighted by molar-refractivity contribution is 5.76. The third kappa shape index (κ3) is 5.95. The minimum atomic E-state index is 1.06. The maximum absolute atomic E-state index is 8.19. The van der Waals surface area contributed by atoms with Crippen molar-refractivity contribution in [3.05, 3.63) is 133 Å². The molecule has 0 bridgehead atoms. The van der Waals surface area contributed by atoms with Gasteiger partial charge in [0.25, 0.3) is 0 Å². The molecule has 0 saturated carbocycles. The van der Waals surface area contributed by atoms with Gasteiger partial charge in [0.15, 0.2) is 0 Å². The molecule has 0 aliphatic rings. The van der Waals surface area contributed by atoms with Crippen LogP contribution in [0, 0.1) is 11.3 Å². The molecule has 0 amide bonds. The first kappa shape index (κ1) is 19.7. The first-order valence-electron chi connectivity index (χ1n) is 9.45. The molecule has 0 N–H and O–H groups in total. The highest BCUT2D eigenvalue weighted by Crippen LogP contribution is 2.33. The number of rotatable bonds is 4. The van der Waals surface area contributed by atoms with Crippen molar-refractivity contribution in [1.82, 2.24) is 0 Å². The highest BCUT2D eigenvalue weighted by Gasteiger charge is 2.10. The van der Waals surface area contributed by atoms with Crippen LogP contribution in [0.25, 0.3) is 6.08 Å². The molecule has 0 aliphatic carbocycles. The van der Waals surface area contributed by atoms with Crippen LogP contribution in [0.2, 0.25) is 0 Å². The summed E-state index contributed by atoms with van der Waals surface area (Å²) >= 11 is 0. The molecule has 0 saturated heterocycles. The van der Waals surface area contributed by atoms with Crippen molar-refractivity contribution in [1.29, 1.82) is 5.26 Å². The van der Waals surface area contributed by atoms with Crippen molar-refractivity contribution < 1.29 is 0 Å². The Balaban J connectivity index is 0.000000204. The molecule has 0 aromatic heterocycles. The van der Waals surface area contributed by atoms with Crippen LogP contribution in [0.5, 0.6) is 0 Å². The molecule has 140 valence electrons. The summed E-state index contributed by atoms with van der Waals surface area (Å²) in [5, 5.41) is 8.19. The Hall–Kier alpha value is -4.09. The summed E-state index contributed by atoms with van der Waals surface area (Å²) in [6.07, 6.45) is 3.25. The summed E-state index contributed by atoms with van der Waals surface area (Å²) in [5.41, 5.74) is 4.56. The molecule has 2 heteroatoms. The Labute approximate surface area is 172 Å². The molecule has 0 spiro atoms. The van der Waals surface area contributed by atoms with Crippen molar-refractivity contribution in [2.24, 2.45) is 0 Å². The predicted octanol–water partition coefficient (Wildman–Crippen LogP) is 7.38. The molecule has 2 nitrogen and oxygen atoms in total. The normalized spacial score (nSPS) is 9.90. The lowest BCUT2D eigenvalue weighted by Crippen LogP contribution is -2.09. The average molecular weight is 374 g/mol. The molecule has 4 aromatic carbocycles. The number of hydrogen-bond acceptors (Lipinski definition) is 2. The van der Waals surface area contributed by atoms with E-state index in [4.69, 9.17) is 5.26 Å². The summed E-state index contributed by atoms with van der Waals surface area (Å²) in [5.74, 6) is 0. The lowest BCUT2D eigenvalue weighted by molar-refractivity contribution is 1.28. The van der Waals surface area contributed by atoms with Gasteiger partial charge in [-0.2, -0.15) is 5.26 Å². The zero-order chi connectivity index (χ0) is 20.2. The fourth-order valence-corrected chi connectivity index (χ4v) is 2.88. The van der Waals surface area contributed by atoms with Crippen molar-refractivity contribution in [2.75, 3.05) is 4.90 Å². The Kier molecular flexibility index (Phi) is 7.40. The van der Waals surface area contributed by atoms with E-state index in [2.05, 4.69) is 77.7 Å². The molecule has 0 radical (unpaired) electrons. The van der Waals surface area contributed by atoms with Gasteiger partial charge in [0, 0.05) is 23.1 Å². The van der Waals surface area contributed by atoms with E-state index in [0.29, 0.717) is 0 Å². The van der Waals surface area contributed by atoms with Crippen LogP contribution in [-0.2, 0) is 0 Å². The fourth-order valence-electron chi connectivity index (χ4n) is 2.88. The Morgan fingerprint density at radius 3 is 1.21 bits per heavy atom. The van der Waals surface area contributed by atoms with Crippen LogP contribution in [-0.4, -0.2) is 0 Å². The number of anilines is 3. The summed E-state index contributed by atoms with van der Waals surface area (Å²) < 4.78 is 0. The van der Waals surface area contributed by atoms with Crippen LogP contribution in [0.4, 0.5) is 17.1 Å². The first-order valence-corrected chi connectivity index (χ1v) is 9.45. The highest BCUT2D eigenvalue weighted by atomic mass is 15.1. The van der Waals surface area contributed by atoms with E-state index >= 15 is 0 Å². The average Bonchev–Trinajstić information content (AvgIpc) is 2.81. The van der Waals surface area contributed by atoms with Crippen molar-refractivity contribution in [2.45, 2.75) is 0 Å². The molecule has 4 rings (SSSR count). The van der Waals surface area contributed by atoms with Gasteiger partial charge in [-0.25, -0.2) is 0 Å². The molecule has 0 aliphatic heterocycles. The summed E-state index contributed by atoms with van der Waals surface area (Å²) in [6, 6.07) is 42.9. The predicted molar refractivity (Wildman–Crippen MR) is 122 cm³/mol. The summed E-state index contributed by atoms with van der Waals surface area (Å²) in [7, 11) is 0. The minimum absolute atomic E-state index is 1.06. The van der Waals surface area contributed by atoms with Gasteiger partial charge in [0.2, 0.25) is 0 Å². The Bertz CT molecular complexity index is 941. The van der Waals surface area contributed by atoms with Gasteiger partial charge in [-0.3, -0.25) is 0 Å². The monoisotopic (exact) mass is 374 g/mol. The molecule has 0 unspecified atom stereocenters. The quantitative estimate of drug-likeness (QED) is 0.348. The third-order valence-electron chi connectivity index (χ3n) is 4.19. The molecule has 0 heterocycles. The minimum Gasteiger partial charge on any atom is -0.311 e. The molecule has 0 atom stereocenters. The van der Waals surface area contributed by atoms with E-state index in [9.17, 15) is 0 Å². The largest absolute Gasteiger partial charge is 0.311 e. The van der Waals surface area contributed by atoms with Crippen LogP contribution < -0.4 is 4.90 Å². The molecular formula is C27H22N2. The lowest BCUT2D eigenvalue weighted by atomic mass is 10.2. The summed E-state index contributed by atoms with van der Waals surface area (Å²) in [4.78, 5) is 2.25. The van der Waals surface area contributed by atoms with E-state index in [1.165, 1.54) is 23.1 Å². The second-order valence-corrected chi connectivity index (χ2v) is 6.22. The van der Waals surface area contributed by atoms with Crippen LogP contribution >= 0.6 is 0 Å². The second-order valence-electron chi connectivity index (χ2n) is 6.22. The van der Waals surface area contributed by atoms with E-state index in [1.807, 2.05) is 54.6 Å². The summed E-state index contributed by atoms with van der Waals surface area (Å²) in [6.45, 7) is 0. The number of para-hydroxylation sites is 3. The van der Waals surface area contributed by atoms with Crippen LogP contribution in [0.3, 0.4) is 0 Å². The number of nitrogens with zero attached hydrogens (tertiary/aromatic N) is 2. The van der Waals surface area contributed by atoms with E-state index < -0.39 is 0 Å². The number of benzene rings is 4. The SMILES string of the molecule is N#CC=Cc1ccccc1.c1ccc(N(c2ccccc2)c2ccccc2)cc1. The van der Waals surface area contributed by atoms with Gasteiger partial charge in [0.1, 0.15) is 0 Å². The molecular weight excluding hydrogens is 352 g/mol. The standard InChI is InChI=1S/C18H15N.C9H7N/c1-4-10-16(11-5-1)19(17-12-6-2-7-13-17)18-14-8-3-9-15-18;10-8-4-7-9-5-2-1-3-6-9/h1-15H;1-7H. The van der Waals surface area contributed by atoms with Gasteiger partial charge < -0.3 is 4.90 Å². The number of nitriles is 1. The molecule has 4 aromatic rings. The fraction of sp³-hybridized carbons (Fsp3) is 0. The zero-order valence-electron chi connectivity index (χ0n) is 16.1. The topological polar surface area (TPSA) is 27.0 Å². The first-order chi connectivity index (χ1) is 14.4. The van der Waals surface area contributed by atoms with E-state index in [-0.39, 0.29) is 0 Å². The van der Waals surface area contributed by atoms with Gasteiger partial charge in [-0.05, 0) is 48.0 Å². The zero-order valence-corrected chi connectivity index (χ0v) is 16.1. The molecule has 0 fully saturated rings. The van der Waals surface area contributed by atoms with Crippen molar-refractivity contribution >= 4 is 23.1 Å². The Morgan fingerprint density at radius 2 is 0.862 bits per heavy atom. The van der Waals surface area contributed by atoms with E-state index in [1.54, 1.807) is 6.08 Å². The smallest absolute Gasteiger partial charge is 0.0912 e. The van der Waals surface area contributed by atoms with Gasteiger partial charge in [0.05, 0.1) is 6.07 Å². The maximum Gasteiger partial charge on any atom is 0.0912 e. The number of allylic oxidation sites excluding steroid dienone is 1. The van der Waals surface area contributed by atoms with Gasteiger partial charge in [-0.1, -0.05) is 84.9 Å². The second kappa shape index (κ2) is 10.9. The van der Waals surface area contributed by atoms with Crippen LogP contribution in [0.15, 0.2) is 127 Å². The molecule has 29 heavy (non-hydrogen) atoms. The van der Waals surface area contributed by atoms with E-state index in [0.717, 1.165) is 5.56 Å².